The van der Waals surface area contributed by atoms with Crippen molar-refractivity contribution in [3.8, 4) is 5.75 Å². The second-order valence-electron chi connectivity index (χ2n) is 6.70. The summed E-state index contributed by atoms with van der Waals surface area (Å²) in [5.41, 5.74) is 0.450. The van der Waals surface area contributed by atoms with Gasteiger partial charge in [-0.2, -0.15) is 11.8 Å². The smallest absolute Gasteiger partial charge is 0.255 e. The molecule has 2 N–H and O–H groups in total. The van der Waals surface area contributed by atoms with Crippen LogP contribution in [0, 0.1) is 0 Å². The third-order valence-corrected chi connectivity index (χ3v) is 5.43. The molecule has 26 heavy (non-hydrogen) atoms. The van der Waals surface area contributed by atoms with Crippen LogP contribution in [0.4, 0.5) is 0 Å². The molecule has 0 heterocycles. The molecule has 1 fully saturated rings. The molecule has 1 saturated carbocycles. The van der Waals surface area contributed by atoms with E-state index in [-0.39, 0.29) is 17.9 Å². The second kappa shape index (κ2) is 11.1. The zero-order valence-electron chi connectivity index (χ0n) is 15.8. The molecule has 0 aromatic heterocycles. The van der Waals surface area contributed by atoms with Crippen LogP contribution < -0.4 is 15.4 Å². The molecule has 1 aromatic carbocycles. The van der Waals surface area contributed by atoms with Gasteiger partial charge in [0.2, 0.25) is 5.91 Å². The van der Waals surface area contributed by atoms with E-state index in [1.807, 2.05) is 12.3 Å². The highest BCUT2D eigenvalue weighted by molar-refractivity contribution is 7.98. The number of rotatable bonds is 8. The average Bonchev–Trinajstić information content (AvgIpc) is 2.93. The largest absolute Gasteiger partial charge is 0.496 e. The number of ether oxygens (including phenoxy) is 1. The predicted octanol–water partition coefficient (Wildman–Crippen LogP) is 3.39. The molecule has 2 rings (SSSR count). The number of carbonyl (C=O) groups excluding carboxylic acids is 2. The van der Waals surface area contributed by atoms with E-state index >= 15 is 0 Å². The first kappa shape index (κ1) is 20.6. The summed E-state index contributed by atoms with van der Waals surface area (Å²) in [6.45, 7) is 0. The van der Waals surface area contributed by atoms with E-state index in [0.717, 1.165) is 31.4 Å². The van der Waals surface area contributed by atoms with Gasteiger partial charge in [-0.05, 0) is 43.4 Å². The molecule has 2 amide bonds. The maximum absolute atomic E-state index is 12.8. The lowest BCUT2D eigenvalue weighted by Gasteiger charge is -2.23. The number of methoxy groups -OCH3 is 1. The van der Waals surface area contributed by atoms with Gasteiger partial charge in [0.05, 0.1) is 12.7 Å². The highest BCUT2D eigenvalue weighted by Crippen LogP contribution is 2.19. The minimum absolute atomic E-state index is 0.0748. The third-order valence-electron chi connectivity index (χ3n) is 4.79. The van der Waals surface area contributed by atoms with Crippen LogP contribution in [0.5, 0.6) is 5.75 Å². The Labute approximate surface area is 160 Å². The van der Waals surface area contributed by atoms with Crippen molar-refractivity contribution in [1.29, 1.82) is 0 Å². The molecule has 0 aliphatic heterocycles. The van der Waals surface area contributed by atoms with Crippen molar-refractivity contribution in [2.45, 2.75) is 57.0 Å². The molecule has 0 spiro atoms. The fraction of sp³-hybridized carbons (Fsp3) is 0.600. The first-order valence-corrected chi connectivity index (χ1v) is 10.8. The Morgan fingerprint density at radius 1 is 1.19 bits per heavy atom. The van der Waals surface area contributed by atoms with Gasteiger partial charge in [0.25, 0.3) is 5.91 Å². The number of carbonyl (C=O) groups is 2. The van der Waals surface area contributed by atoms with E-state index in [9.17, 15) is 9.59 Å². The van der Waals surface area contributed by atoms with E-state index in [0.29, 0.717) is 17.7 Å². The molecule has 6 heteroatoms. The van der Waals surface area contributed by atoms with Crippen LogP contribution in [0.3, 0.4) is 0 Å². The van der Waals surface area contributed by atoms with Crippen molar-refractivity contribution >= 4 is 23.6 Å². The van der Waals surface area contributed by atoms with Crippen LogP contribution >= 0.6 is 11.8 Å². The summed E-state index contributed by atoms with van der Waals surface area (Å²) in [5, 5.41) is 6.06. The van der Waals surface area contributed by atoms with Gasteiger partial charge in [-0.3, -0.25) is 9.59 Å². The number of amides is 2. The number of hydrogen-bond acceptors (Lipinski definition) is 4. The predicted molar refractivity (Wildman–Crippen MR) is 107 cm³/mol. The van der Waals surface area contributed by atoms with E-state index in [2.05, 4.69) is 10.6 Å². The van der Waals surface area contributed by atoms with Gasteiger partial charge in [-0.15, -0.1) is 0 Å². The van der Waals surface area contributed by atoms with Crippen molar-refractivity contribution in [1.82, 2.24) is 10.6 Å². The van der Waals surface area contributed by atoms with Crippen molar-refractivity contribution in [3.05, 3.63) is 29.8 Å². The third kappa shape index (κ3) is 6.24. The summed E-state index contributed by atoms with van der Waals surface area (Å²) in [6.07, 6.45) is 9.48. The number of nitrogens with one attached hydrogen (secondary N) is 2. The monoisotopic (exact) mass is 378 g/mol. The molecule has 0 saturated heterocycles. The summed E-state index contributed by atoms with van der Waals surface area (Å²) in [5.74, 6) is 0.978. The van der Waals surface area contributed by atoms with Crippen molar-refractivity contribution in [2.24, 2.45) is 0 Å². The first-order valence-electron chi connectivity index (χ1n) is 9.39. The van der Waals surface area contributed by atoms with Crippen LogP contribution in [0.2, 0.25) is 0 Å². The van der Waals surface area contributed by atoms with E-state index in [1.165, 1.54) is 20.0 Å². The highest BCUT2D eigenvalue weighted by Gasteiger charge is 2.25. The van der Waals surface area contributed by atoms with Crippen LogP contribution in [0.15, 0.2) is 24.3 Å². The molecule has 0 radical (unpaired) electrons. The van der Waals surface area contributed by atoms with Crippen LogP contribution in [-0.4, -0.2) is 43.0 Å². The van der Waals surface area contributed by atoms with Gasteiger partial charge in [-0.25, -0.2) is 0 Å². The molecule has 0 unspecified atom stereocenters. The minimum Gasteiger partial charge on any atom is -0.496 e. The Kier molecular flexibility index (Phi) is 8.81. The molecule has 1 atom stereocenters. The Hall–Kier alpha value is -1.69. The number of benzene rings is 1. The summed E-state index contributed by atoms with van der Waals surface area (Å²) < 4.78 is 5.26. The van der Waals surface area contributed by atoms with Gasteiger partial charge < -0.3 is 15.4 Å². The maximum atomic E-state index is 12.8. The van der Waals surface area contributed by atoms with E-state index in [1.54, 1.807) is 30.0 Å². The van der Waals surface area contributed by atoms with Crippen molar-refractivity contribution in [2.75, 3.05) is 19.1 Å². The summed E-state index contributed by atoms with van der Waals surface area (Å²) in [7, 11) is 1.54. The number of hydrogen-bond donors (Lipinski definition) is 2. The van der Waals surface area contributed by atoms with Crippen molar-refractivity contribution < 1.29 is 14.3 Å². The van der Waals surface area contributed by atoms with Crippen LogP contribution in [0.25, 0.3) is 0 Å². The van der Waals surface area contributed by atoms with E-state index < -0.39 is 6.04 Å². The molecular formula is C20H30N2O3S. The van der Waals surface area contributed by atoms with Crippen LogP contribution in [0.1, 0.15) is 55.3 Å². The molecule has 1 aliphatic carbocycles. The molecule has 0 bridgehead atoms. The number of thioether (sulfide) groups is 1. The highest BCUT2D eigenvalue weighted by atomic mass is 32.2. The summed E-state index contributed by atoms with van der Waals surface area (Å²) in [4.78, 5) is 25.5. The SMILES string of the molecule is COc1ccccc1C(=O)N[C@H](CCSC)C(=O)NC1CCCCCC1. The van der Waals surface area contributed by atoms with Gasteiger partial charge in [0, 0.05) is 6.04 Å². The molecule has 1 aromatic rings. The topological polar surface area (TPSA) is 67.4 Å². The lowest BCUT2D eigenvalue weighted by Crippen LogP contribution is -2.49. The Morgan fingerprint density at radius 2 is 1.88 bits per heavy atom. The standard InChI is InChI=1S/C20H30N2O3S/c1-25-18-12-8-7-11-16(18)19(23)22-17(13-14-26-2)20(24)21-15-9-5-3-4-6-10-15/h7-8,11-12,15,17H,3-6,9-10,13-14H2,1-2H3,(H,21,24)(H,22,23)/t17-/m1/s1. The molecule has 144 valence electrons. The van der Waals surface area contributed by atoms with Crippen LogP contribution in [-0.2, 0) is 4.79 Å². The minimum atomic E-state index is -0.525. The maximum Gasteiger partial charge on any atom is 0.255 e. The molecular weight excluding hydrogens is 348 g/mol. The van der Waals surface area contributed by atoms with Gasteiger partial charge >= 0.3 is 0 Å². The fourth-order valence-electron chi connectivity index (χ4n) is 3.30. The lowest BCUT2D eigenvalue weighted by atomic mass is 10.1. The van der Waals surface area contributed by atoms with Gasteiger partial charge in [0.15, 0.2) is 0 Å². The Morgan fingerprint density at radius 3 is 2.54 bits per heavy atom. The van der Waals surface area contributed by atoms with E-state index in [4.69, 9.17) is 4.74 Å². The van der Waals surface area contributed by atoms with Gasteiger partial charge in [0.1, 0.15) is 11.8 Å². The zero-order valence-corrected chi connectivity index (χ0v) is 16.6. The quantitative estimate of drug-likeness (QED) is 0.681. The molecule has 5 nitrogen and oxygen atoms in total. The van der Waals surface area contributed by atoms with Gasteiger partial charge in [-0.1, -0.05) is 37.8 Å². The Bertz CT molecular complexity index is 586. The fourth-order valence-corrected chi connectivity index (χ4v) is 3.77. The van der Waals surface area contributed by atoms with Crippen molar-refractivity contribution in [3.63, 3.8) is 0 Å². The Balaban J connectivity index is 2.03. The molecule has 1 aliphatic rings. The average molecular weight is 379 g/mol. The summed E-state index contributed by atoms with van der Waals surface area (Å²) in [6, 6.07) is 6.77. The normalized spacial score (nSPS) is 16.4. The summed E-state index contributed by atoms with van der Waals surface area (Å²) >= 11 is 1.67. The lowest BCUT2D eigenvalue weighted by molar-refractivity contribution is -0.123. The zero-order chi connectivity index (χ0) is 18.8. The number of para-hydroxylation sites is 1. The first-order chi connectivity index (χ1) is 12.7. The second-order valence-corrected chi connectivity index (χ2v) is 7.69.